The van der Waals surface area contributed by atoms with Crippen LogP contribution in [0.4, 0.5) is 11.4 Å². The summed E-state index contributed by atoms with van der Waals surface area (Å²) in [5, 5.41) is 0. The minimum Gasteiger partial charge on any atom is -0.340 e. The molecule has 5 heteroatoms. The molecule has 2 aliphatic rings. The maximum Gasteiger partial charge on any atom is 0.162 e. The number of anilines is 2. The van der Waals surface area contributed by atoms with Gasteiger partial charge in [0, 0.05) is 54.5 Å². The van der Waals surface area contributed by atoms with Crippen LogP contribution in [0.3, 0.4) is 0 Å². The number of nitrogens with zero attached hydrogens (tertiary/aromatic N) is 3. The molecule has 4 nitrogen and oxygen atoms in total. The van der Waals surface area contributed by atoms with Crippen LogP contribution in [-0.4, -0.2) is 61.9 Å². The molecule has 178 valence electrons. The highest BCUT2D eigenvalue weighted by molar-refractivity contribution is 7.99. The van der Waals surface area contributed by atoms with Crippen LogP contribution in [0.2, 0.25) is 0 Å². The summed E-state index contributed by atoms with van der Waals surface area (Å²) in [5.41, 5.74) is 3.31. The molecular weight excluding hydrogens is 426 g/mol. The zero-order valence-electron chi connectivity index (χ0n) is 20.4. The summed E-state index contributed by atoms with van der Waals surface area (Å²) >= 11 is 1.82. The first kappa shape index (κ1) is 24.3. The Labute approximate surface area is 204 Å². The molecular formula is C28H39N3OS. The van der Waals surface area contributed by atoms with Crippen LogP contribution in [-0.2, 0) is 0 Å². The largest absolute Gasteiger partial charge is 0.340 e. The van der Waals surface area contributed by atoms with E-state index in [4.69, 9.17) is 0 Å². The molecule has 33 heavy (non-hydrogen) atoms. The lowest BCUT2D eigenvalue weighted by atomic mass is 10.1. The van der Waals surface area contributed by atoms with E-state index in [-0.39, 0.29) is 5.78 Å². The lowest BCUT2D eigenvalue weighted by molar-refractivity contribution is 0.0988. The maximum atomic E-state index is 12.3. The third-order valence-electron chi connectivity index (χ3n) is 6.97. The number of rotatable bonds is 11. The van der Waals surface area contributed by atoms with Crippen molar-refractivity contribution in [3.8, 4) is 0 Å². The Morgan fingerprint density at radius 2 is 1.48 bits per heavy atom. The van der Waals surface area contributed by atoms with E-state index in [2.05, 4.69) is 58.1 Å². The minimum atomic E-state index is 0.221. The lowest BCUT2D eigenvalue weighted by Gasteiger charge is -2.33. The van der Waals surface area contributed by atoms with Gasteiger partial charge in [0.15, 0.2) is 5.78 Å². The Balaban J connectivity index is 1.26. The van der Waals surface area contributed by atoms with Crippen molar-refractivity contribution in [2.75, 3.05) is 51.2 Å². The molecule has 0 radical (unpaired) electrons. The van der Waals surface area contributed by atoms with Crippen LogP contribution in [0, 0.1) is 0 Å². The maximum absolute atomic E-state index is 12.3. The van der Waals surface area contributed by atoms with Crippen molar-refractivity contribution in [1.82, 2.24) is 9.80 Å². The van der Waals surface area contributed by atoms with E-state index in [9.17, 15) is 4.79 Å². The third-order valence-corrected chi connectivity index (χ3v) is 8.10. The second-order valence-corrected chi connectivity index (χ2v) is 10.5. The Kier molecular flexibility index (Phi) is 8.88. The van der Waals surface area contributed by atoms with Gasteiger partial charge in [-0.25, -0.2) is 0 Å². The fraction of sp³-hybridized carbons (Fsp3) is 0.536. The molecule has 0 unspecified atom stereocenters. The zero-order chi connectivity index (χ0) is 23.0. The Hall–Kier alpha value is -1.82. The zero-order valence-corrected chi connectivity index (χ0v) is 21.2. The molecule has 2 aliphatic heterocycles. The van der Waals surface area contributed by atoms with Crippen LogP contribution >= 0.6 is 11.8 Å². The predicted molar refractivity (Wildman–Crippen MR) is 140 cm³/mol. The van der Waals surface area contributed by atoms with E-state index < -0.39 is 0 Å². The number of Topliss-reactive ketones (excluding diaryl/α,β-unsaturated/α-hetero) is 1. The van der Waals surface area contributed by atoms with E-state index in [0.717, 1.165) is 12.1 Å². The number of hydrogen-bond donors (Lipinski definition) is 0. The standard InChI is InChI=1S/C28H39N3OS/c1-3-26(32)23-14-15-28-25(22-23)31(24-12-8-9-13-27(24)33-28)17-11-7-5-4-6-10-16-30-20-18-29(2)19-21-30/h8-9,12-15,22H,3-7,10-11,16-21H2,1-2H3. The Morgan fingerprint density at radius 3 is 2.24 bits per heavy atom. The van der Waals surface area contributed by atoms with Crippen molar-refractivity contribution in [2.24, 2.45) is 0 Å². The van der Waals surface area contributed by atoms with Crippen molar-refractivity contribution in [2.45, 2.75) is 61.7 Å². The first-order valence-electron chi connectivity index (χ1n) is 12.8. The Bertz CT molecular complexity index is 923. The molecule has 2 heterocycles. The highest BCUT2D eigenvalue weighted by atomic mass is 32.2. The summed E-state index contributed by atoms with van der Waals surface area (Å²) in [6.45, 7) is 9.12. The van der Waals surface area contributed by atoms with Crippen LogP contribution in [0.1, 0.15) is 62.2 Å². The number of carbonyl (C=O) groups excluding carboxylic acids is 1. The molecule has 1 fully saturated rings. The molecule has 0 saturated carbocycles. The van der Waals surface area contributed by atoms with Crippen molar-refractivity contribution >= 4 is 28.9 Å². The van der Waals surface area contributed by atoms with Crippen molar-refractivity contribution in [3.05, 3.63) is 48.0 Å². The molecule has 0 aromatic heterocycles. The SMILES string of the molecule is CCC(=O)c1ccc2c(c1)N(CCCCCCCCN1CCN(C)CC1)c1ccccc1S2. The second-order valence-electron chi connectivity index (χ2n) is 9.45. The summed E-state index contributed by atoms with van der Waals surface area (Å²) in [6.07, 6.45) is 8.34. The number of hydrogen-bond acceptors (Lipinski definition) is 5. The molecule has 0 spiro atoms. The van der Waals surface area contributed by atoms with E-state index in [1.54, 1.807) is 0 Å². The van der Waals surface area contributed by atoms with Gasteiger partial charge in [-0.05, 0) is 50.7 Å². The van der Waals surface area contributed by atoms with Crippen LogP contribution in [0.15, 0.2) is 52.3 Å². The number of ketones is 1. The number of unbranched alkanes of at least 4 members (excludes halogenated alkanes) is 5. The topological polar surface area (TPSA) is 26.8 Å². The highest BCUT2D eigenvalue weighted by Crippen LogP contribution is 2.48. The molecule has 0 bridgehead atoms. The quantitative estimate of drug-likeness (QED) is 0.280. The van der Waals surface area contributed by atoms with E-state index in [1.165, 1.54) is 92.4 Å². The normalized spacial score (nSPS) is 16.5. The van der Waals surface area contributed by atoms with E-state index in [0.29, 0.717) is 6.42 Å². The third kappa shape index (κ3) is 6.40. The summed E-state index contributed by atoms with van der Waals surface area (Å²) in [6, 6.07) is 14.9. The highest BCUT2D eigenvalue weighted by Gasteiger charge is 2.24. The Morgan fingerprint density at radius 1 is 0.818 bits per heavy atom. The van der Waals surface area contributed by atoms with Gasteiger partial charge in [-0.2, -0.15) is 0 Å². The van der Waals surface area contributed by atoms with Gasteiger partial charge in [0.1, 0.15) is 0 Å². The average molecular weight is 466 g/mol. The van der Waals surface area contributed by atoms with Gasteiger partial charge < -0.3 is 14.7 Å². The van der Waals surface area contributed by atoms with Gasteiger partial charge in [0.25, 0.3) is 0 Å². The molecule has 2 aromatic rings. The molecule has 4 rings (SSSR count). The minimum absolute atomic E-state index is 0.221. The smallest absolute Gasteiger partial charge is 0.162 e. The lowest BCUT2D eigenvalue weighted by Crippen LogP contribution is -2.44. The molecule has 0 N–H and O–H groups in total. The van der Waals surface area contributed by atoms with Crippen LogP contribution in [0.25, 0.3) is 0 Å². The predicted octanol–water partition coefficient (Wildman–Crippen LogP) is 6.47. The van der Waals surface area contributed by atoms with Gasteiger partial charge in [-0.1, -0.05) is 62.6 Å². The van der Waals surface area contributed by atoms with Crippen molar-refractivity contribution < 1.29 is 4.79 Å². The van der Waals surface area contributed by atoms with Crippen molar-refractivity contribution in [1.29, 1.82) is 0 Å². The molecule has 0 amide bonds. The fourth-order valence-electron chi connectivity index (χ4n) is 4.83. The number of benzene rings is 2. The number of fused-ring (bicyclic) bond motifs is 2. The monoisotopic (exact) mass is 465 g/mol. The van der Waals surface area contributed by atoms with Crippen LogP contribution in [0.5, 0.6) is 0 Å². The number of para-hydroxylation sites is 1. The van der Waals surface area contributed by atoms with Gasteiger partial charge in [0.05, 0.1) is 11.4 Å². The average Bonchev–Trinajstić information content (AvgIpc) is 2.85. The molecule has 1 saturated heterocycles. The number of piperazine rings is 1. The van der Waals surface area contributed by atoms with Crippen molar-refractivity contribution in [3.63, 3.8) is 0 Å². The number of carbonyl (C=O) groups is 1. The molecule has 2 aromatic carbocycles. The summed E-state index contributed by atoms with van der Waals surface area (Å²) in [4.78, 5) is 22.4. The second kappa shape index (κ2) is 12.0. The van der Waals surface area contributed by atoms with Gasteiger partial charge in [0.2, 0.25) is 0 Å². The first-order chi connectivity index (χ1) is 16.2. The number of likely N-dealkylation sites (N-methyl/N-ethyl adjacent to an activating group) is 1. The van der Waals surface area contributed by atoms with E-state index >= 15 is 0 Å². The van der Waals surface area contributed by atoms with Crippen LogP contribution < -0.4 is 4.90 Å². The summed E-state index contributed by atoms with van der Waals surface area (Å²) < 4.78 is 0. The van der Waals surface area contributed by atoms with Gasteiger partial charge >= 0.3 is 0 Å². The first-order valence-corrected chi connectivity index (χ1v) is 13.6. The molecule has 0 atom stereocenters. The summed E-state index contributed by atoms with van der Waals surface area (Å²) in [7, 11) is 2.22. The molecule has 0 aliphatic carbocycles. The summed E-state index contributed by atoms with van der Waals surface area (Å²) in [5.74, 6) is 0.221. The van der Waals surface area contributed by atoms with Gasteiger partial charge in [-0.3, -0.25) is 4.79 Å². The fourth-order valence-corrected chi connectivity index (χ4v) is 5.91. The van der Waals surface area contributed by atoms with Gasteiger partial charge in [-0.15, -0.1) is 0 Å². The van der Waals surface area contributed by atoms with E-state index in [1.807, 2.05) is 24.8 Å².